The number of ketones is 1. The van der Waals surface area contributed by atoms with Crippen molar-refractivity contribution in [1.29, 1.82) is 0 Å². The third-order valence-electron chi connectivity index (χ3n) is 2.86. The quantitative estimate of drug-likeness (QED) is 0.228. The van der Waals surface area contributed by atoms with Crippen LogP contribution in [0.3, 0.4) is 0 Å². The maximum absolute atomic E-state index is 13.4. The van der Waals surface area contributed by atoms with Crippen molar-refractivity contribution in [2.45, 2.75) is 19.0 Å². The average molecular weight is 309 g/mol. The minimum Gasteiger partial charge on any atom is -0.465 e. The highest BCUT2D eigenvalue weighted by molar-refractivity contribution is 6.07. The Labute approximate surface area is 114 Å². The van der Waals surface area contributed by atoms with E-state index in [9.17, 15) is 31.5 Å². The van der Waals surface area contributed by atoms with E-state index >= 15 is 0 Å². The van der Waals surface area contributed by atoms with Crippen LogP contribution in [0.4, 0.5) is 22.0 Å². The number of carbonyl (C=O) groups is 2. The van der Waals surface area contributed by atoms with Crippen molar-refractivity contribution in [3.8, 4) is 0 Å². The Hall–Kier alpha value is -2.03. The maximum atomic E-state index is 13.4. The van der Waals surface area contributed by atoms with E-state index in [0.29, 0.717) is 0 Å². The van der Waals surface area contributed by atoms with Crippen molar-refractivity contribution in [3.63, 3.8) is 0 Å². The standard InChI is InChI=1S/C12H8F5NO3/c1-2-21-12(20)10-9(18-10)11(19)3-4(13)6(15)8(17)7(16)5(3)14/h9-10,18H,2H2,1H3. The predicted octanol–water partition coefficient (Wildman–Crippen LogP) is 1.47. The van der Waals surface area contributed by atoms with Gasteiger partial charge in [-0.15, -0.1) is 0 Å². The molecule has 2 rings (SSSR count). The van der Waals surface area contributed by atoms with Crippen LogP contribution in [-0.4, -0.2) is 30.4 Å². The molecule has 9 heteroatoms. The van der Waals surface area contributed by atoms with Crippen LogP contribution in [0.2, 0.25) is 0 Å². The van der Waals surface area contributed by atoms with Gasteiger partial charge in [-0.25, -0.2) is 22.0 Å². The van der Waals surface area contributed by atoms with Gasteiger partial charge in [0.15, 0.2) is 29.1 Å². The lowest BCUT2D eigenvalue weighted by atomic mass is 10.0. The number of rotatable bonds is 4. The number of ether oxygens (including phenoxy) is 1. The lowest BCUT2D eigenvalue weighted by Crippen LogP contribution is -2.22. The average Bonchev–Trinajstić information content (AvgIpc) is 3.24. The van der Waals surface area contributed by atoms with Crippen LogP contribution in [0, 0.1) is 29.1 Å². The number of benzene rings is 1. The van der Waals surface area contributed by atoms with Crippen LogP contribution in [0.1, 0.15) is 17.3 Å². The number of nitrogens with one attached hydrogen (secondary N) is 1. The molecule has 1 fully saturated rings. The molecule has 0 saturated carbocycles. The Balaban J connectivity index is 2.32. The number of Topliss-reactive ketones (excluding diaryl/α,β-unsaturated/α-hetero) is 1. The van der Waals surface area contributed by atoms with Gasteiger partial charge >= 0.3 is 5.97 Å². The molecule has 2 atom stereocenters. The summed E-state index contributed by atoms with van der Waals surface area (Å²) >= 11 is 0. The minimum absolute atomic E-state index is 0.0143. The molecule has 0 aromatic heterocycles. The van der Waals surface area contributed by atoms with Crippen LogP contribution in [0.5, 0.6) is 0 Å². The van der Waals surface area contributed by atoms with Gasteiger partial charge in [0.2, 0.25) is 5.82 Å². The molecule has 114 valence electrons. The summed E-state index contributed by atoms with van der Waals surface area (Å²) < 4.78 is 70.3. The van der Waals surface area contributed by atoms with Gasteiger partial charge in [-0.3, -0.25) is 14.9 Å². The van der Waals surface area contributed by atoms with E-state index in [1.807, 2.05) is 0 Å². The Morgan fingerprint density at radius 2 is 1.43 bits per heavy atom. The molecule has 0 amide bonds. The smallest absolute Gasteiger partial charge is 0.325 e. The van der Waals surface area contributed by atoms with Crippen molar-refractivity contribution < 1.29 is 36.3 Å². The van der Waals surface area contributed by atoms with Crippen LogP contribution < -0.4 is 5.32 Å². The molecule has 1 heterocycles. The molecule has 0 spiro atoms. The van der Waals surface area contributed by atoms with Gasteiger partial charge in [0.25, 0.3) is 0 Å². The van der Waals surface area contributed by atoms with Crippen molar-refractivity contribution in [3.05, 3.63) is 34.6 Å². The molecule has 1 aromatic rings. The van der Waals surface area contributed by atoms with Crippen LogP contribution in [0.15, 0.2) is 0 Å². The zero-order valence-corrected chi connectivity index (χ0v) is 10.5. The highest BCUT2D eigenvalue weighted by Crippen LogP contribution is 2.27. The molecule has 0 radical (unpaired) electrons. The van der Waals surface area contributed by atoms with E-state index in [2.05, 4.69) is 10.1 Å². The molecule has 1 aliphatic rings. The molecule has 0 bridgehead atoms. The largest absolute Gasteiger partial charge is 0.465 e. The first-order valence-electron chi connectivity index (χ1n) is 5.79. The molecule has 2 unspecified atom stereocenters. The van der Waals surface area contributed by atoms with Crippen molar-refractivity contribution in [2.24, 2.45) is 0 Å². The normalized spacial score (nSPS) is 20.3. The summed E-state index contributed by atoms with van der Waals surface area (Å²) in [6.45, 7) is 1.52. The van der Waals surface area contributed by atoms with E-state index in [-0.39, 0.29) is 6.61 Å². The minimum atomic E-state index is -2.35. The molecule has 0 aliphatic carbocycles. The van der Waals surface area contributed by atoms with Gasteiger partial charge in [-0.1, -0.05) is 0 Å². The summed E-state index contributed by atoms with van der Waals surface area (Å²) in [5, 5.41) is 2.26. The molecule has 4 nitrogen and oxygen atoms in total. The second-order valence-corrected chi connectivity index (χ2v) is 4.18. The summed E-state index contributed by atoms with van der Waals surface area (Å²) in [6, 6.07) is -2.54. The Morgan fingerprint density at radius 3 is 1.90 bits per heavy atom. The number of hydrogen-bond donors (Lipinski definition) is 1. The summed E-state index contributed by atoms with van der Waals surface area (Å²) in [5.41, 5.74) is -1.57. The molecular formula is C12H8F5NO3. The third-order valence-corrected chi connectivity index (χ3v) is 2.86. The molecule has 1 aromatic carbocycles. The molecule has 1 saturated heterocycles. The molecular weight excluding hydrogens is 301 g/mol. The third kappa shape index (κ3) is 2.48. The van der Waals surface area contributed by atoms with E-state index in [1.165, 1.54) is 6.92 Å². The Kier molecular flexibility index (Phi) is 3.95. The van der Waals surface area contributed by atoms with Gasteiger partial charge in [-0.05, 0) is 6.92 Å². The summed E-state index contributed by atoms with van der Waals surface area (Å²) in [5.74, 6) is -13.5. The highest BCUT2D eigenvalue weighted by atomic mass is 19.2. The van der Waals surface area contributed by atoms with Crippen LogP contribution in [0.25, 0.3) is 0 Å². The lowest BCUT2D eigenvalue weighted by molar-refractivity contribution is -0.142. The van der Waals surface area contributed by atoms with E-state index in [1.54, 1.807) is 0 Å². The predicted molar refractivity (Wildman–Crippen MR) is 57.9 cm³/mol. The van der Waals surface area contributed by atoms with Gasteiger partial charge in [0.05, 0.1) is 18.2 Å². The van der Waals surface area contributed by atoms with Crippen LogP contribution >= 0.6 is 0 Å². The second kappa shape index (κ2) is 5.40. The monoisotopic (exact) mass is 309 g/mol. The zero-order chi connectivity index (χ0) is 15.9. The second-order valence-electron chi connectivity index (χ2n) is 4.18. The van der Waals surface area contributed by atoms with Gasteiger partial charge in [-0.2, -0.15) is 0 Å². The highest BCUT2D eigenvalue weighted by Gasteiger charge is 2.50. The van der Waals surface area contributed by atoms with E-state index in [0.717, 1.165) is 0 Å². The lowest BCUT2D eigenvalue weighted by Gasteiger charge is -2.06. The van der Waals surface area contributed by atoms with Crippen LogP contribution in [-0.2, 0) is 9.53 Å². The summed E-state index contributed by atoms with van der Waals surface area (Å²) in [7, 11) is 0. The number of carbonyl (C=O) groups excluding carboxylic acids is 2. The summed E-state index contributed by atoms with van der Waals surface area (Å²) in [6.07, 6.45) is 0. The number of halogens is 5. The van der Waals surface area contributed by atoms with Gasteiger partial charge < -0.3 is 4.74 Å². The zero-order valence-electron chi connectivity index (χ0n) is 10.5. The fraction of sp³-hybridized carbons (Fsp3) is 0.333. The Morgan fingerprint density at radius 1 is 0.952 bits per heavy atom. The molecule has 21 heavy (non-hydrogen) atoms. The van der Waals surface area contributed by atoms with Gasteiger partial charge in [0.1, 0.15) is 6.04 Å². The number of hydrogen-bond acceptors (Lipinski definition) is 4. The summed E-state index contributed by atoms with van der Waals surface area (Å²) in [4.78, 5) is 23.1. The first-order valence-corrected chi connectivity index (χ1v) is 5.79. The SMILES string of the molecule is CCOC(=O)C1NC1C(=O)c1c(F)c(F)c(F)c(F)c1F. The van der Waals surface area contributed by atoms with Crippen molar-refractivity contribution in [2.75, 3.05) is 6.61 Å². The maximum Gasteiger partial charge on any atom is 0.325 e. The fourth-order valence-corrected chi connectivity index (χ4v) is 1.78. The van der Waals surface area contributed by atoms with Crippen molar-refractivity contribution >= 4 is 11.8 Å². The van der Waals surface area contributed by atoms with E-state index in [4.69, 9.17) is 0 Å². The topological polar surface area (TPSA) is 65.3 Å². The Bertz CT molecular complexity index is 605. The molecule has 1 aliphatic heterocycles. The first-order chi connectivity index (χ1) is 9.81. The van der Waals surface area contributed by atoms with Gasteiger partial charge in [0, 0.05) is 0 Å². The van der Waals surface area contributed by atoms with E-state index < -0.39 is 58.5 Å². The fourth-order valence-electron chi connectivity index (χ4n) is 1.78. The first kappa shape index (κ1) is 15.4. The molecule has 1 N–H and O–H groups in total. The number of esters is 1. The van der Waals surface area contributed by atoms with Crippen molar-refractivity contribution in [1.82, 2.24) is 5.32 Å².